The number of anilines is 3. The van der Waals surface area contributed by atoms with Gasteiger partial charge in [0.1, 0.15) is 5.69 Å². The fourth-order valence-electron chi connectivity index (χ4n) is 3.53. The van der Waals surface area contributed by atoms with Gasteiger partial charge in [-0.1, -0.05) is 6.07 Å². The number of hydrogen-bond donors (Lipinski definition) is 2. The summed E-state index contributed by atoms with van der Waals surface area (Å²) < 4.78 is 11.5. The molecule has 2 amide bonds. The van der Waals surface area contributed by atoms with Crippen LogP contribution in [0.5, 0.6) is 0 Å². The first kappa shape index (κ1) is 19.3. The second-order valence-corrected chi connectivity index (χ2v) is 7.05. The van der Waals surface area contributed by atoms with E-state index in [0.717, 1.165) is 12.8 Å². The first-order valence-corrected chi connectivity index (χ1v) is 9.58. The van der Waals surface area contributed by atoms with Gasteiger partial charge in [-0.25, -0.2) is 9.97 Å². The molecule has 0 bridgehead atoms. The molecule has 1 spiro atoms. The molecule has 2 aliphatic heterocycles. The standard InChI is InChI=1S/C20H23N5O4/c1-14(26)22-15-3-2-4-16(13-15)23-18(27)17-5-8-21-19(24-17)25-9-6-20(7-10-25)28-11-12-29-20/h2-5,8,13H,6-7,9-12H2,1H3,(H,22,26)(H,23,27). The predicted molar refractivity (Wildman–Crippen MR) is 107 cm³/mol. The average molecular weight is 397 g/mol. The summed E-state index contributed by atoms with van der Waals surface area (Å²) in [6, 6.07) is 8.51. The summed E-state index contributed by atoms with van der Waals surface area (Å²) in [5, 5.41) is 5.49. The molecule has 1 aromatic heterocycles. The van der Waals surface area contributed by atoms with Crippen molar-refractivity contribution in [3.8, 4) is 0 Å². The Morgan fingerprint density at radius 1 is 1.07 bits per heavy atom. The van der Waals surface area contributed by atoms with Gasteiger partial charge >= 0.3 is 0 Å². The highest BCUT2D eigenvalue weighted by molar-refractivity contribution is 6.03. The summed E-state index contributed by atoms with van der Waals surface area (Å²) in [6.07, 6.45) is 3.06. The molecule has 2 N–H and O–H groups in total. The molecular formula is C20H23N5O4. The van der Waals surface area contributed by atoms with Crippen LogP contribution in [0.3, 0.4) is 0 Å². The monoisotopic (exact) mass is 397 g/mol. The largest absolute Gasteiger partial charge is 0.347 e. The van der Waals surface area contributed by atoms with Gasteiger partial charge in [0, 0.05) is 50.4 Å². The summed E-state index contributed by atoms with van der Waals surface area (Å²) in [6.45, 7) is 4.10. The van der Waals surface area contributed by atoms with E-state index < -0.39 is 5.79 Å². The van der Waals surface area contributed by atoms with Gasteiger partial charge in [-0.05, 0) is 24.3 Å². The molecule has 2 aliphatic rings. The maximum absolute atomic E-state index is 12.6. The van der Waals surface area contributed by atoms with Gasteiger partial charge in [0.2, 0.25) is 11.9 Å². The number of nitrogens with one attached hydrogen (secondary N) is 2. The number of amides is 2. The van der Waals surface area contributed by atoms with Crippen molar-refractivity contribution in [3.05, 3.63) is 42.2 Å². The molecule has 29 heavy (non-hydrogen) atoms. The molecule has 4 rings (SSSR count). The number of rotatable bonds is 4. The number of carbonyl (C=O) groups excluding carboxylic acids is 2. The minimum absolute atomic E-state index is 0.175. The van der Waals surface area contributed by atoms with Crippen LogP contribution in [0.2, 0.25) is 0 Å². The van der Waals surface area contributed by atoms with Crippen molar-refractivity contribution < 1.29 is 19.1 Å². The first-order valence-electron chi connectivity index (χ1n) is 9.58. The second-order valence-electron chi connectivity index (χ2n) is 7.05. The van der Waals surface area contributed by atoms with Gasteiger partial charge in [0.15, 0.2) is 5.79 Å². The minimum atomic E-state index is -0.468. The van der Waals surface area contributed by atoms with E-state index in [1.54, 1.807) is 36.5 Å². The molecular weight excluding hydrogens is 374 g/mol. The van der Waals surface area contributed by atoms with Gasteiger partial charge in [-0.15, -0.1) is 0 Å². The van der Waals surface area contributed by atoms with Crippen molar-refractivity contribution in [1.29, 1.82) is 0 Å². The molecule has 2 fully saturated rings. The molecule has 0 saturated carbocycles. The van der Waals surface area contributed by atoms with Crippen LogP contribution in [0.15, 0.2) is 36.5 Å². The van der Waals surface area contributed by atoms with E-state index in [0.29, 0.717) is 43.6 Å². The molecule has 0 unspecified atom stereocenters. The normalized spacial score (nSPS) is 17.9. The van der Waals surface area contributed by atoms with Crippen molar-refractivity contribution in [2.75, 3.05) is 41.8 Å². The average Bonchev–Trinajstić information content (AvgIpc) is 3.16. The SMILES string of the molecule is CC(=O)Nc1cccc(NC(=O)c2ccnc(N3CCC4(CC3)OCCO4)n2)c1. The van der Waals surface area contributed by atoms with Crippen LogP contribution in [0, 0.1) is 0 Å². The molecule has 0 radical (unpaired) electrons. The van der Waals surface area contributed by atoms with Crippen molar-refractivity contribution >= 4 is 29.1 Å². The van der Waals surface area contributed by atoms with Crippen LogP contribution in [-0.2, 0) is 14.3 Å². The number of piperidine rings is 1. The number of aromatic nitrogens is 2. The van der Waals surface area contributed by atoms with Crippen molar-refractivity contribution in [2.24, 2.45) is 0 Å². The van der Waals surface area contributed by atoms with E-state index in [4.69, 9.17) is 9.47 Å². The molecule has 152 valence electrons. The van der Waals surface area contributed by atoms with E-state index in [2.05, 4.69) is 20.6 Å². The van der Waals surface area contributed by atoms with Crippen LogP contribution in [0.4, 0.5) is 17.3 Å². The van der Waals surface area contributed by atoms with Gasteiger partial charge in [0.05, 0.1) is 13.2 Å². The Bertz CT molecular complexity index is 903. The van der Waals surface area contributed by atoms with Gasteiger partial charge < -0.3 is 25.0 Å². The van der Waals surface area contributed by atoms with Crippen LogP contribution in [-0.4, -0.2) is 53.9 Å². The summed E-state index contributed by atoms with van der Waals surface area (Å²) in [4.78, 5) is 34.6. The molecule has 3 heterocycles. The van der Waals surface area contributed by atoms with Gasteiger partial charge in [-0.3, -0.25) is 9.59 Å². The van der Waals surface area contributed by atoms with Crippen LogP contribution < -0.4 is 15.5 Å². The molecule has 9 nitrogen and oxygen atoms in total. The molecule has 1 aromatic carbocycles. The van der Waals surface area contributed by atoms with Crippen molar-refractivity contribution in [3.63, 3.8) is 0 Å². The van der Waals surface area contributed by atoms with E-state index in [1.807, 2.05) is 4.90 Å². The number of hydrogen-bond acceptors (Lipinski definition) is 7. The lowest BCUT2D eigenvalue weighted by molar-refractivity contribution is -0.169. The van der Waals surface area contributed by atoms with E-state index in [1.165, 1.54) is 6.92 Å². The van der Waals surface area contributed by atoms with Crippen molar-refractivity contribution in [1.82, 2.24) is 9.97 Å². The smallest absolute Gasteiger partial charge is 0.274 e. The quantitative estimate of drug-likeness (QED) is 0.813. The molecule has 0 atom stereocenters. The third kappa shape index (κ3) is 4.52. The van der Waals surface area contributed by atoms with Crippen molar-refractivity contribution in [2.45, 2.75) is 25.6 Å². The number of ether oxygens (including phenoxy) is 2. The lowest BCUT2D eigenvalue weighted by atomic mass is 10.0. The Labute approximate surface area is 168 Å². The predicted octanol–water partition coefficient (Wildman–Crippen LogP) is 2.03. The Morgan fingerprint density at radius 2 is 1.76 bits per heavy atom. The lowest BCUT2D eigenvalue weighted by Crippen LogP contribution is -2.45. The van der Waals surface area contributed by atoms with Gasteiger partial charge in [-0.2, -0.15) is 0 Å². The topological polar surface area (TPSA) is 106 Å². The molecule has 2 aromatic rings. The highest BCUT2D eigenvalue weighted by Crippen LogP contribution is 2.32. The minimum Gasteiger partial charge on any atom is -0.347 e. The highest BCUT2D eigenvalue weighted by Gasteiger charge is 2.40. The fourth-order valence-corrected chi connectivity index (χ4v) is 3.53. The van der Waals surface area contributed by atoms with Crippen LogP contribution >= 0.6 is 0 Å². The highest BCUT2D eigenvalue weighted by atomic mass is 16.7. The Kier molecular flexibility index (Phi) is 5.41. The summed E-state index contributed by atoms with van der Waals surface area (Å²) >= 11 is 0. The van der Waals surface area contributed by atoms with E-state index >= 15 is 0 Å². The van der Waals surface area contributed by atoms with E-state index in [-0.39, 0.29) is 17.5 Å². The van der Waals surface area contributed by atoms with E-state index in [9.17, 15) is 9.59 Å². The number of benzene rings is 1. The first-order chi connectivity index (χ1) is 14.0. The van der Waals surface area contributed by atoms with Gasteiger partial charge in [0.25, 0.3) is 5.91 Å². The summed E-state index contributed by atoms with van der Waals surface area (Å²) in [5.74, 6) is -0.475. The molecule has 9 heteroatoms. The fraction of sp³-hybridized carbons (Fsp3) is 0.400. The van der Waals surface area contributed by atoms with Crippen LogP contribution in [0.1, 0.15) is 30.3 Å². The third-order valence-electron chi connectivity index (χ3n) is 4.94. The number of nitrogens with zero attached hydrogens (tertiary/aromatic N) is 3. The van der Waals surface area contributed by atoms with Crippen LogP contribution in [0.25, 0.3) is 0 Å². The summed E-state index contributed by atoms with van der Waals surface area (Å²) in [7, 11) is 0. The molecule has 2 saturated heterocycles. The zero-order chi connectivity index (χ0) is 20.3. The zero-order valence-electron chi connectivity index (χ0n) is 16.2. The third-order valence-corrected chi connectivity index (χ3v) is 4.94. The lowest BCUT2D eigenvalue weighted by Gasteiger charge is -2.37. The Hall–Kier alpha value is -3.04. The maximum Gasteiger partial charge on any atom is 0.274 e. The second kappa shape index (κ2) is 8.14. The Balaban J connectivity index is 1.42. The molecule has 0 aliphatic carbocycles. The maximum atomic E-state index is 12.6. The summed E-state index contributed by atoms with van der Waals surface area (Å²) in [5.41, 5.74) is 1.45. The Morgan fingerprint density at radius 3 is 2.45 bits per heavy atom. The number of carbonyl (C=O) groups is 2. The zero-order valence-corrected chi connectivity index (χ0v) is 16.2.